The third kappa shape index (κ3) is 3.46. The highest BCUT2D eigenvalue weighted by atomic mass is 31.2. The maximum atomic E-state index is 13.0. The first-order valence-corrected chi connectivity index (χ1v) is 12.4. The molecule has 1 heterocycles. The van der Waals surface area contributed by atoms with Crippen LogP contribution < -0.4 is 5.30 Å². The van der Waals surface area contributed by atoms with Crippen molar-refractivity contribution in [3.05, 3.63) is 114 Å². The number of rotatable bonds is 5. The number of benzene rings is 3. The first kappa shape index (κ1) is 20.4. The highest BCUT2D eigenvalue weighted by Crippen LogP contribution is 2.70. The summed E-state index contributed by atoms with van der Waals surface area (Å²) in [7, 11) is 0. The van der Waals surface area contributed by atoms with E-state index in [-0.39, 0.29) is 11.1 Å². The SMILES string of the molecule is CCOC(=O)C=P1(c2ccccc2)C=CCCC1(c1ccccc1)c1ccccc1. The second-order valence-electron chi connectivity index (χ2n) is 7.51. The van der Waals surface area contributed by atoms with Crippen LogP contribution in [-0.4, -0.2) is 18.4 Å². The topological polar surface area (TPSA) is 26.3 Å². The molecule has 1 aliphatic rings. The zero-order chi connectivity index (χ0) is 20.9. The summed E-state index contributed by atoms with van der Waals surface area (Å²) < 4.78 is 5.46. The Kier molecular flexibility index (Phi) is 6.06. The molecule has 152 valence electrons. The van der Waals surface area contributed by atoms with Crippen LogP contribution in [0, 0.1) is 0 Å². The monoisotopic (exact) mass is 414 g/mol. The van der Waals surface area contributed by atoms with Crippen molar-refractivity contribution >= 4 is 24.0 Å². The molecule has 0 saturated carbocycles. The van der Waals surface area contributed by atoms with Crippen LogP contribution in [0.1, 0.15) is 30.9 Å². The molecule has 3 aromatic rings. The van der Waals surface area contributed by atoms with Crippen molar-refractivity contribution in [1.29, 1.82) is 0 Å². The van der Waals surface area contributed by atoms with Crippen LogP contribution in [-0.2, 0) is 14.7 Å². The highest BCUT2D eigenvalue weighted by Gasteiger charge is 2.47. The van der Waals surface area contributed by atoms with Crippen LogP contribution >= 0.6 is 6.89 Å². The number of carbonyl (C=O) groups is 1. The Labute approximate surface area is 179 Å². The lowest BCUT2D eigenvalue weighted by molar-refractivity contribution is -0.134. The number of esters is 1. The maximum absolute atomic E-state index is 13.0. The third-order valence-electron chi connectivity index (χ3n) is 5.93. The van der Waals surface area contributed by atoms with E-state index in [9.17, 15) is 4.79 Å². The minimum Gasteiger partial charge on any atom is -0.463 e. The van der Waals surface area contributed by atoms with Crippen LogP contribution in [0.3, 0.4) is 0 Å². The zero-order valence-corrected chi connectivity index (χ0v) is 18.2. The van der Waals surface area contributed by atoms with Gasteiger partial charge in [0.05, 0.1) is 6.61 Å². The van der Waals surface area contributed by atoms with Gasteiger partial charge in [-0.2, -0.15) is 0 Å². The van der Waals surface area contributed by atoms with Gasteiger partial charge in [0.1, 0.15) is 0 Å². The summed E-state index contributed by atoms with van der Waals surface area (Å²) in [5.74, 6) is 3.99. The molecule has 3 aromatic carbocycles. The molecular weight excluding hydrogens is 387 g/mol. The summed E-state index contributed by atoms with van der Waals surface area (Å²) >= 11 is 0. The van der Waals surface area contributed by atoms with Crippen LogP contribution in [0.2, 0.25) is 0 Å². The summed E-state index contributed by atoms with van der Waals surface area (Å²) in [5.41, 5.74) is 2.50. The molecule has 0 N–H and O–H groups in total. The van der Waals surface area contributed by atoms with Gasteiger partial charge in [0, 0.05) is 11.0 Å². The first-order valence-electron chi connectivity index (χ1n) is 10.5. The smallest absolute Gasteiger partial charge is 0.331 e. The number of ether oxygens (including phenoxy) is 1. The largest absolute Gasteiger partial charge is 0.463 e. The van der Waals surface area contributed by atoms with Crippen molar-refractivity contribution in [2.45, 2.75) is 24.9 Å². The number of allylic oxidation sites excluding steroid dienone is 1. The quantitative estimate of drug-likeness (QED) is 0.381. The second kappa shape index (κ2) is 8.90. The van der Waals surface area contributed by atoms with E-state index in [1.165, 1.54) is 16.4 Å². The molecule has 0 radical (unpaired) electrons. The zero-order valence-electron chi connectivity index (χ0n) is 17.3. The molecule has 0 bridgehead atoms. The van der Waals surface area contributed by atoms with Gasteiger partial charge >= 0.3 is 5.97 Å². The van der Waals surface area contributed by atoms with Crippen LogP contribution in [0.4, 0.5) is 0 Å². The van der Waals surface area contributed by atoms with E-state index < -0.39 is 6.89 Å². The lowest BCUT2D eigenvalue weighted by Gasteiger charge is -2.48. The minimum atomic E-state index is -2.29. The summed E-state index contributed by atoms with van der Waals surface area (Å²) in [6.45, 7) is -0.0621. The number of hydrogen-bond donors (Lipinski definition) is 0. The molecule has 30 heavy (non-hydrogen) atoms. The summed E-state index contributed by atoms with van der Waals surface area (Å²) in [5, 5.41) is 0.875. The van der Waals surface area contributed by atoms with Gasteiger partial charge in [-0.05, 0) is 43.1 Å². The first-order chi connectivity index (χ1) is 14.7. The van der Waals surface area contributed by atoms with Crippen molar-refractivity contribution in [1.82, 2.24) is 0 Å². The van der Waals surface area contributed by atoms with Gasteiger partial charge in [-0.3, -0.25) is 0 Å². The molecule has 1 aliphatic heterocycles. The van der Waals surface area contributed by atoms with Gasteiger partial charge in [0.25, 0.3) is 0 Å². The average molecular weight is 414 g/mol. The Morgan fingerprint density at radius 1 is 0.900 bits per heavy atom. The molecule has 0 amide bonds. The van der Waals surface area contributed by atoms with E-state index in [0.717, 1.165) is 12.8 Å². The predicted octanol–water partition coefficient (Wildman–Crippen LogP) is 5.95. The maximum Gasteiger partial charge on any atom is 0.331 e. The molecular formula is C27H27O2P. The normalized spacial score (nSPS) is 19.8. The standard InChI is InChI=1S/C27H27O2P/c1-2-29-26(28)22-30(25-18-10-5-11-19-25)21-13-12-20-27(30,23-14-6-3-7-15-23)24-16-8-4-9-17-24/h3-11,13-19,21-22H,2,12,20H2,1H3. The summed E-state index contributed by atoms with van der Waals surface area (Å²) in [4.78, 5) is 13.0. The molecule has 1 unspecified atom stereocenters. The minimum absolute atomic E-state index is 0.238. The van der Waals surface area contributed by atoms with Crippen molar-refractivity contribution < 1.29 is 9.53 Å². The molecule has 2 nitrogen and oxygen atoms in total. The Hall–Kier alpha value is -2.83. The molecule has 4 rings (SSSR count). The summed E-state index contributed by atoms with van der Waals surface area (Å²) in [6.07, 6.45) is 4.16. The fourth-order valence-corrected chi connectivity index (χ4v) is 9.24. The second-order valence-corrected chi connectivity index (χ2v) is 10.9. The highest BCUT2D eigenvalue weighted by molar-refractivity contribution is 7.86. The van der Waals surface area contributed by atoms with Crippen LogP contribution in [0.15, 0.2) is 103 Å². The van der Waals surface area contributed by atoms with Crippen LogP contribution in [0.25, 0.3) is 0 Å². The molecule has 0 spiro atoms. The molecule has 0 aromatic heterocycles. The van der Waals surface area contributed by atoms with Gasteiger partial charge in [-0.1, -0.05) is 103 Å². The van der Waals surface area contributed by atoms with E-state index in [0.29, 0.717) is 6.61 Å². The molecule has 0 fully saturated rings. The van der Waals surface area contributed by atoms with E-state index in [1.807, 2.05) is 18.8 Å². The van der Waals surface area contributed by atoms with Crippen LogP contribution in [0.5, 0.6) is 0 Å². The van der Waals surface area contributed by atoms with Crippen molar-refractivity contribution in [3.63, 3.8) is 0 Å². The van der Waals surface area contributed by atoms with Crippen molar-refractivity contribution in [2.24, 2.45) is 0 Å². The van der Waals surface area contributed by atoms with Gasteiger partial charge in [-0.25, -0.2) is 4.79 Å². The Morgan fingerprint density at radius 3 is 1.97 bits per heavy atom. The number of hydrogen-bond acceptors (Lipinski definition) is 2. The fraction of sp³-hybridized carbons (Fsp3) is 0.185. The van der Waals surface area contributed by atoms with E-state index in [1.54, 1.807) is 0 Å². The van der Waals surface area contributed by atoms with E-state index in [2.05, 4.69) is 96.8 Å². The Morgan fingerprint density at radius 2 is 1.43 bits per heavy atom. The molecule has 3 heteroatoms. The predicted molar refractivity (Wildman–Crippen MR) is 128 cm³/mol. The molecule has 0 saturated heterocycles. The van der Waals surface area contributed by atoms with E-state index in [4.69, 9.17) is 4.74 Å². The lowest BCUT2D eigenvalue weighted by atomic mass is 9.86. The van der Waals surface area contributed by atoms with E-state index >= 15 is 0 Å². The molecule has 1 atom stereocenters. The Balaban J connectivity index is 2.14. The third-order valence-corrected chi connectivity index (χ3v) is 10.4. The number of carbonyl (C=O) groups excluding carboxylic acids is 1. The average Bonchev–Trinajstić information content (AvgIpc) is 2.81. The van der Waals surface area contributed by atoms with Crippen molar-refractivity contribution in [3.8, 4) is 0 Å². The fourth-order valence-electron chi connectivity index (χ4n) is 4.71. The van der Waals surface area contributed by atoms with Crippen molar-refractivity contribution in [2.75, 3.05) is 6.61 Å². The van der Waals surface area contributed by atoms with Gasteiger partial charge in [0.2, 0.25) is 0 Å². The summed E-state index contributed by atoms with van der Waals surface area (Å²) in [6, 6.07) is 31.9. The lowest BCUT2D eigenvalue weighted by Crippen LogP contribution is -2.35. The Bertz CT molecular complexity index is 1030. The van der Waals surface area contributed by atoms with Gasteiger partial charge in [0.15, 0.2) is 0 Å². The molecule has 0 aliphatic carbocycles. The van der Waals surface area contributed by atoms with Gasteiger partial charge < -0.3 is 4.74 Å². The van der Waals surface area contributed by atoms with Gasteiger partial charge in [-0.15, -0.1) is 0 Å².